The molecule has 0 saturated heterocycles. The summed E-state index contributed by atoms with van der Waals surface area (Å²) in [6.45, 7) is 6.38. The lowest BCUT2D eigenvalue weighted by Crippen LogP contribution is -2.38. The van der Waals surface area contributed by atoms with Crippen LogP contribution in [0.1, 0.15) is 27.2 Å². The van der Waals surface area contributed by atoms with Gasteiger partial charge in [-0.05, 0) is 13.8 Å². The molecule has 1 amide bonds. The van der Waals surface area contributed by atoms with Gasteiger partial charge >= 0.3 is 0 Å². The number of rotatable bonds is 4. The van der Waals surface area contributed by atoms with E-state index in [0.717, 1.165) is 0 Å². The smallest absolute Gasteiger partial charge is 0.224 e. The summed E-state index contributed by atoms with van der Waals surface area (Å²) < 4.78 is 5.03. The van der Waals surface area contributed by atoms with Gasteiger partial charge in [-0.15, -0.1) is 0 Å². The topological polar surface area (TPSA) is 29.5 Å². The molecule has 0 aromatic heterocycles. The van der Waals surface area contributed by atoms with Crippen LogP contribution in [-0.4, -0.2) is 30.7 Å². The fourth-order valence-electron chi connectivity index (χ4n) is 0.967. The van der Waals surface area contributed by atoms with Crippen molar-refractivity contribution in [2.75, 3.05) is 13.7 Å². The van der Waals surface area contributed by atoms with Crippen LogP contribution in [0.3, 0.4) is 0 Å². The molecule has 0 fully saturated rings. The minimum absolute atomic E-state index is 0.104. The van der Waals surface area contributed by atoms with Gasteiger partial charge in [-0.25, -0.2) is 0 Å². The summed E-state index contributed by atoms with van der Waals surface area (Å²) in [7, 11) is 1.61. The fraction of sp³-hybridized carbons (Fsp3) is 0.875. The molecule has 0 aliphatic heterocycles. The number of carbonyl (C=O) groups is 1. The number of amides is 1. The highest BCUT2D eigenvalue weighted by molar-refractivity contribution is 5.75. The van der Waals surface area contributed by atoms with E-state index in [0.29, 0.717) is 13.0 Å². The van der Waals surface area contributed by atoms with Gasteiger partial charge in [-0.3, -0.25) is 4.79 Å². The molecule has 0 radical (unpaired) electrons. The maximum absolute atomic E-state index is 11.2. The minimum atomic E-state index is -0.104. The van der Waals surface area contributed by atoms with Crippen LogP contribution in [0.25, 0.3) is 0 Å². The second-order valence-corrected chi connectivity index (χ2v) is 2.37. The lowest BCUT2D eigenvalue weighted by molar-refractivity contribution is -0.141. The molecule has 0 N–H and O–H groups in total. The molecule has 0 saturated carbocycles. The highest BCUT2D eigenvalue weighted by Crippen LogP contribution is 2.01. The second kappa shape index (κ2) is 5.13. The summed E-state index contributed by atoms with van der Waals surface area (Å²) in [6.07, 6.45) is 0.439. The van der Waals surface area contributed by atoms with E-state index in [1.54, 1.807) is 12.0 Å². The van der Waals surface area contributed by atoms with Crippen LogP contribution in [0.5, 0.6) is 0 Å². The number of hydrogen-bond donors (Lipinski definition) is 0. The van der Waals surface area contributed by atoms with Gasteiger partial charge in [-0.1, -0.05) is 6.92 Å². The first-order chi connectivity index (χ1) is 5.17. The van der Waals surface area contributed by atoms with Crippen molar-refractivity contribution in [1.82, 2.24) is 4.90 Å². The molecule has 0 aliphatic carbocycles. The van der Waals surface area contributed by atoms with E-state index >= 15 is 0 Å². The third-order valence-electron chi connectivity index (χ3n) is 1.74. The summed E-state index contributed by atoms with van der Waals surface area (Å²) in [4.78, 5) is 12.9. The van der Waals surface area contributed by atoms with E-state index in [4.69, 9.17) is 4.74 Å². The van der Waals surface area contributed by atoms with Crippen molar-refractivity contribution in [3.63, 3.8) is 0 Å². The molecular weight excluding hydrogens is 142 g/mol. The molecule has 0 bridgehead atoms. The minimum Gasteiger partial charge on any atom is -0.362 e. The first-order valence-electron chi connectivity index (χ1n) is 3.99. The standard InChI is InChI=1S/C8H17NO2/c1-5-8(10)9(6-2)7(3)11-4/h7H,5-6H2,1-4H3. The van der Waals surface area contributed by atoms with Gasteiger partial charge in [0.2, 0.25) is 5.91 Å². The van der Waals surface area contributed by atoms with Crippen LogP contribution in [-0.2, 0) is 9.53 Å². The highest BCUT2D eigenvalue weighted by Gasteiger charge is 2.14. The van der Waals surface area contributed by atoms with E-state index in [-0.39, 0.29) is 12.1 Å². The zero-order valence-corrected chi connectivity index (χ0v) is 7.76. The number of carbonyl (C=O) groups excluding carboxylic acids is 1. The van der Waals surface area contributed by atoms with Crippen molar-refractivity contribution >= 4 is 5.91 Å². The van der Waals surface area contributed by atoms with Gasteiger partial charge in [0, 0.05) is 20.1 Å². The van der Waals surface area contributed by atoms with E-state index < -0.39 is 0 Å². The summed E-state index contributed by atoms with van der Waals surface area (Å²) >= 11 is 0. The zero-order chi connectivity index (χ0) is 8.85. The number of methoxy groups -OCH3 is 1. The van der Waals surface area contributed by atoms with Crippen LogP contribution >= 0.6 is 0 Å². The molecule has 66 valence electrons. The Bertz CT molecular complexity index is 125. The first-order valence-corrected chi connectivity index (χ1v) is 3.99. The zero-order valence-electron chi connectivity index (χ0n) is 7.76. The third kappa shape index (κ3) is 2.89. The number of ether oxygens (including phenoxy) is 1. The van der Waals surface area contributed by atoms with Gasteiger partial charge in [0.1, 0.15) is 6.23 Å². The predicted molar refractivity (Wildman–Crippen MR) is 44.1 cm³/mol. The highest BCUT2D eigenvalue weighted by atomic mass is 16.5. The molecule has 0 spiro atoms. The summed E-state index contributed by atoms with van der Waals surface area (Å²) in [5.74, 6) is 0.141. The first kappa shape index (κ1) is 10.4. The van der Waals surface area contributed by atoms with Crippen LogP contribution in [0, 0.1) is 0 Å². The lowest BCUT2D eigenvalue weighted by Gasteiger charge is -2.26. The molecule has 0 aromatic carbocycles. The molecular formula is C8H17NO2. The Morgan fingerprint density at radius 3 is 2.36 bits per heavy atom. The van der Waals surface area contributed by atoms with Gasteiger partial charge in [0.25, 0.3) is 0 Å². The molecule has 0 rings (SSSR count). The lowest BCUT2D eigenvalue weighted by atomic mass is 10.3. The summed E-state index contributed by atoms with van der Waals surface area (Å²) in [5, 5.41) is 0. The molecule has 0 heterocycles. The molecule has 1 atom stereocenters. The largest absolute Gasteiger partial charge is 0.362 e. The Kier molecular flexibility index (Phi) is 4.86. The second-order valence-electron chi connectivity index (χ2n) is 2.37. The Balaban J connectivity index is 4.03. The number of hydrogen-bond acceptors (Lipinski definition) is 2. The Morgan fingerprint density at radius 1 is 1.55 bits per heavy atom. The quantitative estimate of drug-likeness (QED) is 0.577. The Labute approximate surface area is 68.3 Å². The molecule has 0 aromatic rings. The molecule has 3 nitrogen and oxygen atoms in total. The normalized spacial score (nSPS) is 12.7. The molecule has 3 heteroatoms. The van der Waals surface area contributed by atoms with Crippen molar-refractivity contribution in [3.8, 4) is 0 Å². The van der Waals surface area contributed by atoms with Crippen LogP contribution in [0.15, 0.2) is 0 Å². The van der Waals surface area contributed by atoms with Gasteiger partial charge in [0.05, 0.1) is 0 Å². The molecule has 11 heavy (non-hydrogen) atoms. The third-order valence-corrected chi connectivity index (χ3v) is 1.74. The number of nitrogens with zero attached hydrogens (tertiary/aromatic N) is 1. The summed E-state index contributed by atoms with van der Waals surface area (Å²) in [6, 6.07) is 0. The van der Waals surface area contributed by atoms with E-state index in [1.165, 1.54) is 0 Å². The average Bonchev–Trinajstić information content (AvgIpc) is 2.05. The van der Waals surface area contributed by atoms with E-state index in [2.05, 4.69) is 0 Å². The average molecular weight is 159 g/mol. The Morgan fingerprint density at radius 2 is 2.09 bits per heavy atom. The summed E-state index contributed by atoms with van der Waals surface area (Å²) in [5.41, 5.74) is 0. The van der Waals surface area contributed by atoms with E-state index in [1.807, 2.05) is 20.8 Å². The van der Waals surface area contributed by atoms with Crippen molar-refractivity contribution in [2.45, 2.75) is 33.4 Å². The monoisotopic (exact) mass is 159 g/mol. The van der Waals surface area contributed by atoms with Crippen molar-refractivity contribution in [1.29, 1.82) is 0 Å². The SMILES string of the molecule is CCC(=O)N(CC)C(C)OC. The van der Waals surface area contributed by atoms with Gasteiger partial charge < -0.3 is 9.64 Å². The van der Waals surface area contributed by atoms with Crippen molar-refractivity contribution in [3.05, 3.63) is 0 Å². The van der Waals surface area contributed by atoms with Crippen molar-refractivity contribution < 1.29 is 9.53 Å². The van der Waals surface area contributed by atoms with Crippen molar-refractivity contribution in [2.24, 2.45) is 0 Å². The van der Waals surface area contributed by atoms with Crippen LogP contribution in [0.4, 0.5) is 0 Å². The van der Waals surface area contributed by atoms with E-state index in [9.17, 15) is 4.79 Å². The molecule has 1 unspecified atom stereocenters. The Hall–Kier alpha value is -0.570. The predicted octanol–water partition coefficient (Wildman–Crippen LogP) is 1.24. The maximum Gasteiger partial charge on any atom is 0.224 e. The maximum atomic E-state index is 11.2. The van der Waals surface area contributed by atoms with Crippen LogP contribution in [0.2, 0.25) is 0 Å². The van der Waals surface area contributed by atoms with Crippen LogP contribution < -0.4 is 0 Å². The van der Waals surface area contributed by atoms with Gasteiger partial charge in [0.15, 0.2) is 0 Å². The van der Waals surface area contributed by atoms with Gasteiger partial charge in [-0.2, -0.15) is 0 Å². The molecule has 0 aliphatic rings. The fourth-order valence-corrected chi connectivity index (χ4v) is 0.967.